The molecule has 0 spiro atoms. The van der Waals surface area contributed by atoms with Gasteiger partial charge in [0.1, 0.15) is 18.2 Å². The van der Waals surface area contributed by atoms with E-state index in [0.717, 1.165) is 25.0 Å². The van der Waals surface area contributed by atoms with Gasteiger partial charge in [-0.2, -0.15) is 9.61 Å². The first-order valence-electron chi connectivity index (χ1n) is 12.9. The Bertz CT molecular complexity index is 1080. The molecule has 9 heteroatoms. The van der Waals surface area contributed by atoms with Crippen LogP contribution in [0.5, 0.6) is 0 Å². The molecule has 1 saturated heterocycles. The van der Waals surface area contributed by atoms with Crippen molar-refractivity contribution in [2.45, 2.75) is 110 Å². The number of fused-ring (bicyclic) bond motifs is 1. The Morgan fingerprint density at radius 1 is 1.11 bits per heavy atom. The van der Waals surface area contributed by atoms with Crippen molar-refractivity contribution in [3.63, 3.8) is 0 Å². The molecule has 35 heavy (non-hydrogen) atoms. The van der Waals surface area contributed by atoms with Gasteiger partial charge in [-0.05, 0) is 59.3 Å². The summed E-state index contributed by atoms with van der Waals surface area (Å²) in [4.78, 5) is 36.4. The van der Waals surface area contributed by atoms with Gasteiger partial charge in [-0.15, -0.1) is 0 Å². The quantitative estimate of drug-likeness (QED) is 0.649. The van der Waals surface area contributed by atoms with Crippen LogP contribution in [0.3, 0.4) is 0 Å². The Kier molecular flexibility index (Phi) is 6.92. The van der Waals surface area contributed by atoms with Crippen LogP contribution in [0.4, 0.5) is 5.95 Å². The average Bonchev–Trinajstić information content (AvgIpc) is 3.32. The second kappa shape index (κ2) is 9.48. The number of rotatable bonds is 6. The Morgan fingerprint density at radius 2 is 1.86 bits per heavy atom. The fourth-order valence-electron chi connectivity index (χ4n) is 5.59. The van der Waals surface area contributed by atoms with Gasteiger partial charge in [0.15, 0.2) is 5.65 Å². The predicted molar refractivity (Wildman–Crippen MR) is 136 cm³/mol. The molecule has 0 aromatic carbocycles. The molecule has 4 atom stereocenters. The van der Waals surface area contributed by atoms with E-state index < -0.39 is 0 Å². The smallest absolute Gasteiger partial charge is 0.245 e. The number of anilines is 1. The highest BCUT2D eigenvalue weighted by atomic mass is 16.2. The van der Waals surface area contributed by atoms with Crippen LogP contribution in [0.2, 0.25) is 0 Å². The zero-order valence-electron chi connectivity index (χ0n) is 22.3. The van der Waals surface area contributed by atoms with Gasteiger partial charge in [0, 0.05) is 42.1 Å². The van der Waals surface area contributed by atoms with Crippen LogP contribution < -0.4 is 10.6 Å². The zero-order chi connectivity index (χ0) is 25.5. The van der Waals surface area contributed by atoms with E-state index in [1.54, 1.807) is 11.4 Å². The third kappa shape index (κ3) is 5.82. The maximum absolute atomic E-state index is 13.5. The third-order valence-corrected chi connectivity index (χ3v) is 7.10. The lowest BCUT2D eigenvalue weighted by Crippen LogP contribution is -2.53. The molecule has 9 nitrogen and oxygen atoms in total. The van der Waals surface area contributed by atoms with E-state index in [0.29, 0.717) is 37.0 Å². The summed E-state index contributed by atoms with van der Waals surface area (Å²) in [6.07, 6.45) is 5.56. The lowest BCUT2D eigenvalue weighted by atomic mass is 9.77. The van der Waals surface area contributed by atoms with E-state index in [4.69, 9.17) is 5.10 Å². The van der Waals surface area contributed by atoms with Crippen molar-refractivity contribution < 1.29 is 9.59 Å². The highest BCUT2D eigenvalue weighted by molar-refractivity contribution is 5.87. The molecule has 1 unspecified atom stereocenters. The summed E-state index contributed by atoms with van der Waals surface area (Å²) < 4.78 is 1.69. The number of aromatic nitrogens is 4. The van der Waals surface area contributed by atoms with Crippen LogP contribution in [0.15, 0.2) is 12.4 Å². The van der Waals surface area contributed by atoms with Gasteiger partial charge in [-0.25, -0.2) is 9.97 Å². The molecule has 2 aliphatic rings. The first-order valence-corrected chi connectivity index (χ1v) is 12.9. The Balaban J connectivity index is 1.49. The minimum Gasteiger partial charge on any atom is -0.342 e. The maximum Gasteiger partial charge on any atom is 0.245 e. The van der Waals surface area contributed by atoms with Crippen LogP contribution in [-0.2, 0) is 15.0 Å². The standard InChI is InChI=1S/C26H41N7O2/c1-16(34)12-17-13-18(30-26(5,6)7)8-9-20(17)32-11-10-19(23(32)35)29-24-28-15-27-22-14-21(25(2,3)4)31-33(22)24/h14-15,17-20,30H,8-13H2,1-7H3,(H,27,28,29)/t17?,18-,19+,20+/m1/s1. The predicted octanol–water partition coefficient (Wildman–Crippen LogP) is 3.34. The SMILES string of the molecule is CC(=O)CC1C[C@H](NC(C)(C)C)CC[C@@H]1N1CC[C@H](Nc2ncnc3cc(C(C)(C)C)nn23)C1=O. The van der Waals surface area contributed by atoms with E-state index in [1.807, 2.05) is 11.0 Å². The fraction of sp³-hybridized carbons (Fsp3) is 0.731. The molecule has 2 aromatic heterocycles. The van der Waals surface area contributed by atoms with E-state index in [-0.39, 0.29) is 40.6 Å². The van der Waals surface area contributed by atoms with E-state index in [9.17, 15) is 9.59 Å². The minimum absolute atomic E-state index is 0.0268. The second-order valence-corrected chi connectivity index (χ2v) is 12.4. The Morgan fingerprint density at radius 3 is 2.51 bits per heavy atom. The van der Waals surface area contributed by atoms with Crippen molar-refractivity contribution in [3.05, 3.63) is 18.1 Å². The first-order chi connectivity index (χ1) is 16.3. The summed E-state index contributed by atoms with van der Waals surface area (Å²) in [5.74, 6) is 0.981. The van der Waals surface area contributed by atoms with Crippen LogP contribution in [0.25, 0.3) is 5.65 Å². The van der Waals surface area contributed by atoms with Crippen molar-refractivity contribution in [1.82, 2.24) is 29.8 Å². The highest BCUT2D eigenvalue weighted by Crippen LogP contribution is 2.35. The Hall–Kier alpha value is -2.55. The first kappa shape index (κ1) is 25.5. The molecule has 192 valence electrons. The van der Waals surface area contributed by atoms with Gasteiger partial charge in [-0.1, -0.05) is 20.8 Å². The average molecular weight is 484 g/mol. The van der Waals surface area contributed by atoms with E-state index in [1.165, 1.54) is 6.33 Å². The molecule has 1 amide bonds. The molecule has 1 saturated carbocycles. The van der Waals surface area contributed by atoms with Gasteiger partial charge in [-0.3, -0.25) is 4.79 Å². The number of amides is 1. The lowest BCUT2D eigenvalue weighted by molar-refractivity contribution is -0.133. The highest BCUT2D eigenvalue weighted by Gasteiger charge is 2.42. The number of carbonyl (C=O) groups is 2. The largest absolute Gasteiger partial charge is 0.342 e. The van der Waals surface area contributed by atoms with Crippen LogP contribution in [0.1, 0.15) is 86.3 Å². The van der Waals surface area contributed by atoms with Crippen LogP contribution in [-0.4, -0.2) is 66.4 Å². The molecule has 0 bridgehead atoms. The van der Waals surface area contributed by atoms with Crippen LogP contribution >= 0.6 is 0 Å². The molecular weight excluding hydrogens is 442 g/mol. The van der Waals surface area contributed by atoms with Crippen molar-refractivity contribution in [1.29, 1.82) is 0 Å². The number of ketones is 1. The van der Waals surface area contributed by atoms with Gasteiger partial charge in [0.2, 0.25) is 11.9 Å². The van der Waals surface area contributed by atoms with Gasteiger partial charge in [0.05, 0.1) is 5.69 Å². The van der Waals surface area contributed by atoms with Gasteiger partial charge in [0.25, 0.3) is 0 Å². The fourth-order valence-corrected chi connectivity index (χ4v) is 5.59. The van der Waals surface area contributed by atoms with Crippen molar-refractivity contribution in [2.24, 2.45) is 5.92 Å². The van der Waals surface area contributed by atoms with Crippen molar-refractivity contribution in [2.75, 3.05) is 11.9 Å². The summed E-state index contributed by atoms with van der Waals surface area (Å²) in [5, 5.41) is 11.7. The monoisotopic (exact) mass is 483 g/mol. The van der Waals surface area contributed by atoms with E-state index in [2.05, 4.69) is 62.1 Å². The molecule has 0 radical (unpaired) electrons. The minimum atomic E-state index is -0.362. The Labute approximate surface area is 208 Å². The van der Waals surface area contributed by atoms with Gasteiger partial charge < -0.3 is 20.3 Å². The molecular formula is C26H41N7O2. The normalized spacial score (nSPS) is 25.9. The number of Topliss-reactive ketones (excluding diaryl/α,β-unsaturated/α-hetero) is 1. The van der Waals surface area contributed by atoms with Crippen molar-refractivity contribution >= 4 is 23.3 Å². The summed E-state index contributed by atoms with van der Waals surface area (Å²) in [5.41, 5.74) is 1.55. The molecule has 1 aliphatic carbocycles. The molecule has 2 N–H and O–H groups in total. The second-order valence-electron chi connectivity index (χ2n) is 12.4. The van der Waals surface area contributed by atoms with Crippen LogP contribution in [0, 0.1) is 5.92 Å². The topological polar surface area (TPSA) is 105 Å². The molecule has 1 aliphatic heterocycles. The van der Waals surface area contributed by atoms with E-state index >= 15 is 0 Å². The number of carbonyl (C=O) groups excluding carboxylic acids is 2. The third-order valence-electron chi connectivity index (χ3n) is 7.10. The zero-order valence-corrected chi connectivity index (χ0v) is 22.3. The summed E-state index contributed by atoms with van der Waals surface area (Å²) in [7, 11) is 0. The maximum atomic E-state index is 13.5. The summed E-state index contributed by atoms with van der Waals surface area (Å²) >= 11 is 0. The molecule has 4 rings (SSSR count). The number of nitrogens with one attached hydrogen (secondary N) is 2. The number of hydrogen-bond donors (Lipinski definition) is 2. The molecule has 2 fully saturated rings. The molecule has 2 aromatic rings. The number of hydrogen-bond acceptors (Lipinski definition) is 7. The number of nitrogens with zero attached hydrogens (tertiary/aromatic N) is 5. The summed E-state index contributed by atoms with van der Waals surface area (Å²) in [6, 6.07) is 2.07. The molecule has 3 heterocycles. The van der Waals surface area contributed by atoms with Crippen molar-refractivity contribution in [3.8, 4) is 0 Å². The van der Waals surface area contributed by atoms with Gasteiger partial charge >= 0.3 is 0 Å². The number of likely N-dealkylation sites (tertiary alicyclic amines) is 1. The lowest BCUT2D eigenvalue weighted by Gasteiger charge is -2.43. The summed E-state index contributed by atoms with van der Waals surface area (Å²) in [6.45, 7) is 15.2.